The van der Waals surface area contributed by atoms with Gasteiger partial charge in [0, 0.05) is 12.8 Å². The van der Waals surface area contributed by atoms with Crippen molar-refractivity contribution in [2.75, 3.05) is 18.6 Å². The zero-order valence-electron chi connectivity index (χ0n) is 9.50. The van der Waals surface area contributed by atoms with Crippen molar-refractivity contribution in [3.63, 3.8) is 0 Å². The SMILES string of the molecule is CS(=O)(=O)CCCNS(=O)(=O)c1cnc(Cl)nc1. The molecule has 0 aliphatic heterocycles. The molecule has 0 aliphatic rings. The zero-order chi connectivity index (χ0) is 13.8. The summed E-state index contributed by atoms with van der Waals surface area (Å²) in [4.78, 5) is 6.99. The molecule has 0 radical (unpaired) electrons. The first kappa shape index (κ1) is 15.3. The topological polar surface area (TPSA) is 106 Å². The first-order valence-electron chi connectivity index (χ1n) is 4.86. The number of sulfone groups is 1. The van der Waals surface area contributed by atoms with E-state index in [1.54, 1.807) is 0 Å². The molecule has 1 aromatic heterocycles. The molecule has 0 fully saturated rings. The molecule has 0 bridgehead atoms. The largest absolute Gasteiger partial charge is 0.243 e. The molecule has 0 spiro atoms. The average Bonchev–Trinajstić information content (AvgIpc) is 2.24. The van der Waals surface area contributed by atoms with E-state index in [1.165, 1.54) is 0 Å². The van der Waals surface area contributed by atoms with Gasteiger partial charge in [-0.05, 0) is 18.0 Å². The Morgan fingerprint density at radius 3 is 2.28 bits per heavy atom. The Morgan fingerprint density at radius 1 is 1.22 bits per heavy atom. The van der Waals surface area contributed by atoms with Gasteiger partial charge in [-0.25, -0.2) is 31.5 Å². The highest BCUT2D eigenvalue weighted by Gasteiger charge is 2.14. The van der Waals surface area contributed by atoms with E-state index in [2.05, 4.69) is 14.7 Å². The van der Waals surface area contributed by atoms with Gasteiger partial charge < -0.3 is 0 Å². The van der Waals surface area contributed by atoms with E-state index in [-0.39, 0.29) is 28.9 Å². The van der Waals surface area contributed by atoms with Gasteiger partial charge in [0.2, 0.25) is 15.3 Å². The van der Waals surface area contributed by atoms with Crippen LogP contribution in [-0.2, 0) is 19.9 Å². The Labute approximate surface area is 111 Å². The number of aromatic nitrogens is 2. The Bertz CT molecular complexity index is 598. The Morgan fingerprint density at radius 2 is 1.78 bits per heavy atom. The number of rotatable bonds is 6. The number of halogens is 1. The molecule has 0 aromatic carbocycles. The molecular formula is C8H12ClN3O4S2. The van der Waals surface area contributed by atoms with Crippen LogP contribution in [0.3, 0.4) is 0 Å². The molecule has 0 unspecified atom stereocenters. The summed E-state index contributed by atoms with van der Waals surface area (Å²) in [5, 5.41) is -0.0500. The summed E-state index contributed by atoms with van der Waals surface area (Å²) in [7, 11) is -6.81. The molecule has 0 saturated heterocycles. The Hall–Kier alpha value is -0.770. The van der Waals surface area contributed by atoms with Crippen LogP contribution in [0, 0.1) is 0 Å². The predicted molar refractivity (Wildman–Crippen MR) is 66.6 cm³/mol. The van der Waals surface area contributed by atoms with Gasteiger partial charge in [-0.3, -0.25) is 0 Å². The first-order valence-corrected chi connectivity index (χ1v) is 8.78. The summed E-state index contributed by atoms with van der Waals surface area (Å²) in [6.45, 7) is 0.0258. The van der Waals surface area contributed by atoms with Crippen LogP contribution >= 0.6 is 11.6 Å². The van der Waals surface area contributed by atoms with Crippen molar-refractivity contribution in [2.24, 2.45) is 0 Å². The van der Waals surface area contributed by atoms with E-state index in [1.807, 2.05) is 0 Å². The average molecular weight is 314 g/mol. The first-order chi connectivity index (χ1) is 8.21. The van der Waals surface area contributed by atoms with E-state index in [9.17, 15) is 16.8 Å². The highest BCUT2D eigenvalue weighted by atomic mass is 35.5. The van der Waals surface area contributed by atoms with Gasteiger partial charge in [0.15, 0.2) is 0 Å². The van der Waals surface area contributed by atoms with Crippen molar-refractivity contribution in [2.45, 2.75) is 11.3 Å². The maximum Gasteiger partial charge on any atom is 0.243 e. The van der Waals surface area contributed by atoms with E-state index < -0.39 is 19.9 Å². The van der Waals surface area contributed by atoms with Gasteiger partial charge in [-0.15, -0.1) is 0 Å². The molecule has 18 heavy (non-hydrogen) atoms. The molecular weight excluding hydrogens is 302 g/mol. The van der Waals surface area contributed by atoms with Crippen molar-refractivity contribution in [1.82, 2.24) is 14.7 Å². The molecule has 1 aromatic rings. The van der Waals surface area contributed by atoms with Crippen molar-refractivity contribution in [3.05, 3.63) is 17.7 Å². The van der Waals surface area contributed by atoms with Crippen LogP contribution in [0.25, 0.3) is 0 Å². The van der Waals surface area contributed by atoms with Crippen molar-refractivity contribution in [1.29, 1.82) is 0 Å². The van der Waals surface area contributed by atoms with E-state index in [4.69, 9.17) is 11.6 Å². The zero-order valence-corrected chi connectivity index (χ0v) is 11.9. The summed E-state index contributed by atoms with van der Waals surface area (Å²) in [5.41, 5.74) is 0. The van der Waals surface area contributed by atoms with Crippen LogP contribution in [0.4, 0.5) is 0 Å². The number of hydrogen-bond donors (Lipinski definition) is 1. The smallest absolute Gasteiger partial charge is 0.229 e. The monoisotopic (exact) mass is 313 g/mol. The van der Waals surface area contributed by atoms with Crippen LogP contribution < -0.4 is 4.72 Å². The maximum atomic E-state index is 11.7. The van der Waals surface area contributed by atoms with Gasteiger partial charge in [0.25, 0.3) is 0 Å². The van der Waals surface area contributed by atoms with Crippen LogP contribution in [-0.4, -0.2) is 45.4 Å². The van der Waals surface area contributed by atoms with Gasteiger partial charge in [0.1, 0.15) is 14.7 Å². The third-order valence-corrected chi connectivity index (χ3v) is 4.53. The molecule has 7 nitrogen and oxygen atoms in total. The summed E-state index contributed by atoms with van der Waals surface area (Å²) in [6, 6.07) is 0. The standard InChI is InChI=1S/C8H12ClN3O4S2/c1-17(13,14)4-2-3-12-18(15,16)7-5-10-8(9)11-6-7/h5-6,12H,2-4H2,1H3. The lowest BCUT2D eigenvalue weighted by atomic mass is 10.5. The third kappa shape index (κ3) is 5.25. The quantitative estimate of drug-likeness (QED) is 0.578. The summed E-state index contributed by atoms with van der Waals surface area (Å²) in [6.07, 6.45) is 3.45. The molecule has 1 N–H and O–H groups in total. The third-order valence-electron chi connectivity index (χ3n) is 1.89. The summed E-state index contributed by atoms with van der Waals surface area (Å²) >= 11 is 5.43. The number of nitrogens with zero attached hydrogens (tertiary/aromatic N) is 2. The van der Waals surface area contributed by atoms with Crippen LogP contribution in [0.5, 0.6) is 0 Å². The molecule has 0 atom stereocenters. The fraction of sp³-hybridized carbons (Fsp3) is 0.500. The highest BCUT2D eigenvalue weighted by Crippen LogP contribution is 2.07. The fourth-order valence-electron chi connectivity index (χ4n) is 1.06. The van der Waals surface area contributed by atoms with Crippen LogP contribution in [0.15, 0.2) is 17.3 Å². The minimum absolute atomic E-state index is 0.0258. The fourth-order valence-corrected chi connectivity index (χ4v) is 2.79. The van der Waals surface area contributed by atoms with Gasteiger partial charge >= 0.3 is 0 Å². The Kier molecular flexibility index (Phi) is 5.02. The molecule has 1 rings (SSSR count). The lowest BCUT2D eigenvalue weighted by molar-refractivity contribution is 0.576. The lowest BCUT2D eigenvalue weighted by Crippen LogP contribution is -2.26. The van der Waals surface area contributed by atoms with Crippen molar-refractivity contribution in [3.8, 4) is 0 Å². The van der Waals surface area contributed by atoms with E-state index in [0.29, 0.717) is 0 Å². The maximum absolute atomic E-state index is 11.7. The summed E-state index contributed by atoms with van der Waals surface area (Å²) < 4.78 is 47.3. The minimum atomic E-state index is -3.72. The highest BCUT2D eigenvalue weighted by molar-refractivity contribution is 7.90. The predicted octanol–water partition coefficient (Wildman–Crippen LogP) is -0.157. The van der Waals surface area contributed by atoms with Crippen molar-refractivity contribution < 1.29 is 16.8 Å². The second-order valence-electron chi connectivity index (χ2n) is 3.57. The molecule has 0 amide bonds. The van der Waals surface area contributed by atoms with Crippen molar-refractivity contribution >= 4 is 31.5 Å². The molecule has 0 saturated carbocycles. The van der Waals surface area contributed by atoms with Gasteiger partial charge in [-0.1, -0.05) is 0 Å². The molecule has 102 valence electrons. The number of sulfonamides is 1. The van der Waals surface area contributed by atoms with Gasteiger partial charge in [0.05, 0.1) is 18.1 Å². The molecule has 10 heteroatoms. The van der Waals surface area contributed by atoms with E-state index >= 15 is 0 Å². The van der Waals surface area contributed by atoms with Crippen LogP contribution in [0.2, 0.25) is 5.28 Å². The second kappa shape index (κ2) is 5.91. The van der Waals surface area contributed by atoms with Crippen LogP contribution in [0.1, 0.15) is 6.42 Å². The molecule has 1 heterocycles. The van der Waals surface area contributed by atoms with E-state index in [0.717, 1.165) is 18.6 Å². The summed E-state index contributed by atoms with van der Waals surface area (Å²) in [5.74, 6) is -0.0767. The lowest BCUT2D eigenvalue weighted by Gasteiger charge is -2.05. The number of nitrogens with one attached hydrogen (secondary N) is 1. The molecule has 0 aliphatic carbocycles. The number of hydrogen-bond acceptors (Lipinski definition) is 6. The normalized spacial score (nSPS) is 12.6. The Balaban J connectivity index is 2.58. The minimum Gasteiger partial charge on any atom is -0.229 e. The second-order valence-corrected chi connectivity index (χ2v) is 7.93. The van der Waals surface area contributed by atoms with Gasteiger partial charge in [-0.2, -0.15) is 0 Å².